The first-order valence-corrected chi connectivity index (χ1v) is 7.29. The van der Waals surface area contributed by atoms with Crippen LogP contribution < -0.4 is 5.73 Å². The number of hydrogen-bond acceptors (Lipinski definition) is 4. The largest absolute Gasteiger partial charge is 0.338 e. The van der Waals surface area contributed by atoms with Crippen molar-refractivity contribution in [2.75, 3.05) is 13.1 Å². The third-order valence-corrected chi connectivity index (χ3v) is 4.73. The molecule has 0 bridgehead atoms. The molecule has 4 nitrogen and oxygen atoms in total. The van der Waals surface area contributed by atoms with Gasteiger partial charge in [0.1, 0.15) is 4.88 Å². The van der Waals surface area contributed by atoms with E-state index < -0.39 is 0 Å². The Bertz CT molecular complexity index is 433. The fourth-order valence-electron chi connectivity index (χ4n) is 2.50. The second kappa shape index (κ2) is 5.36. The van der Waals surface area contributed by atoms with Crippen LogP contribution in [0.3, 0.4) is 0 Å². The Morgan fingerprint density at radius 2 is 2.06 bits per heavy atom. The predicted molar refractivity (Wildman–Crippen MR) is 73.9 cm³/mol. The van der Waals surface area contributed by atoms with E-state index in [0.29, 0.717) is 5.92 Å². The van der Waals surface area contributed by atoms with Crippen molar-refractivity contribution in [3.05, 3.63) is 15.6 Å². The van der Waals surface area contributed by atoms with Gasteiger partial charge in [-0.2, -0.15) is 0 Å². The SMILES string of the molecule is Cc1nc(C)c(C(=O)N2CCC(C(C)N)CC2)s1. The third kappa shape index (κ3) is 2.72. The van der Waals surface area contributed by atoms with Crippen molar-refractivity contribution in [3.8, 4) is 0 Å². The van der Waals surface area contributed by atoms with Gasteiger partial charge in [-0.1, -0.05) is 0 Å². The molecule has 0 radical (unpaired) electrons. The van der Waals surface area contributed by atoms with Crippen LogP contribution in [0.25, 0.3) is 0 Å². The first kappa shape index (κ1) is 13.5. The van der Waals surface area contributed by atoms with E-state index in [9.17, 15) is 4.79 Å². The minimum absolute atomic E-state index is 0.140. The summed E-state index contributed by atoms with van der Waals surface area (Å²) < 4.78 is 0. The van der Waals surface area contributed by atoms with Gasteiger partial charge in [0.2, 0.25) is 0 Å². The molecule has 5 heteroatoms. The molecule has 0 aliphatic carbocycles. The second-order valence-electron chi connectivity index (χ2n) is 5.14. The summed E-state index contributed by atoms with van der Waals surface area (Å²) in [5.74, 6) is 0.694. The van der Waals surface area contributed by atoms with Gasteiger partial charge < -0.3 is 10.6 Å². The normalized spacial score (nSPS) is 19.0. The Kier molecular flexibility index (Phi) is 4.02. The number of hydrogen-bond donors (Lipinski definition) is 1. The van der Waals surface area contributed by atoms with Crippen molar-refractivity contribution in [1.82, 2.24) is 9.88 Å². The smallest absolute Gasteiger partial charge is 0.265 e. The zero-order chi connectivity index (χ0) is 13.3. The summed E-state index contributed by atoms with van der Waals surface area (Å²) in [5.41, 5.74) is 6.77. The van der Waals surface area contributed by atoms with E-state index in [1.165, 1.54) is 11.3 Å². The van der Waals surface area contributed by atoms with E-state index in [2.05, 4.69) is 11.9 Å². The number of nitrogens with zero attached hydrogens (tertiary/aromatic N) is 2. The molecule has 2 rings (SSSR count). The van der Waals surface area contributed by atoms with Crippen LogP contribution in [0.15, 0.2) is 0 Å². The van der Waals surface area contributed by atoms with E-state index in [1.807, 2.05) is 18.7 Å². The van der Waals surface area contributed by atoms with Crippen LogP contribution in [-0.4, -0.2) is 34.9 Å². The number of aromatic nitrogens is 1. The molecule has 2 N–H and O–H groups in total. The number of nitrogens with two attached hydrogens (primary N) is 1. The average molecular weight is 267 g/mol. The molecule has 1 aromatic rings. The molecule has 1 aliphatic heterocycles. The van der Waals surface area contributed by atoms with Crippen LogP contribution in [0.1, 0.15) is 40.1 Å². The van der Waals surface area contributed by atoms with Crippen LogP contribution in [0.4, 0.5) is 0 Å². The summed E-state index contributed by atoms with van der Waals surface area (Å²) in [6.07, 6.45) is 2.03. The fourth-order valence-corrected chi connectivity index (χ4v) is 3.39. The van der Waals surface area contributed by atoms with Gasteiger partial charge in [0.15, 0.2) is 0 Å². The molecule has 0 spiro atoms. The molecule has 1 amide bonds. The molecule has 18 heavy (non-hydrogen) atoms. The molecule has 0 aromatic carbocycles. The maximum Gasteiger partial charge on any atom is 0.265 e. The predicted octanol–water partition coefficient (Wildman–Crippen LogP) is 1.96. The fraction of sp³-hybridized carbons (Fsp3) is 0.692. The van der Waals surface area contributed by atoms with Gasteiger partial charge in [0.25, 0.3) is 5.91 Å². The molecule has 1 atom stereocenters. The molecular formula is C13H21N3OS. The zero-order valence-corrected chi connectivity index (χ0v) is 12.1. The molecule has 1 aromatic heterocycles. The van der Waals surface area contributed by atoms with Crippen LogP contribution in [0.5, 0.6) is 0 Å². The minimum atomic E-state index is 0.140. The van der Waals surface area contributed by atoms with Crippen molar-refractivity contribution < 1.29 is 4.79 Å². The molecule has 1 unspecified atom stereocenters. The van der Waals surface area contributed by atoms with Gasteiger partial charge in [-0.05, 0) is 39.5 Å². The van der Waals surface area contributed by atoms with E-state index in [4.69, 9.17) is 5.73 Å². The standard InChI is InChI=1S/C13H21N3OS/c1-8(14)11-4-6-16(7-5-11)13(17)12-9(2)15-10(3)18-12/h8,11H,4-7,14H2,1-3H3. The summed E-state index contributed by atoms with van der Waals surface area (Å²) in [5, 5.41) is 0.960. The summed E-state index contributed by atoms with van der Waals surface area (Å²) in [4.78, 5) is 19.4. The number of amides is 1. The lowest BCUT2D eigenvalue weighted by Crippen LogP contribution is -2.42. The second-order valence-corrected chi connectivity index (χ2v) is 6.34. The Balaban J connectivity index is 2.02. The highest BCUT2D eigenvalue weighted by molar-refractivity contribution is 7.13. The number of likely N-dealkylation sites (tertiary alicyclic amines) is 1. The maximum absolute atomic E-state index is 12.4. The maximum atomic E-state index is 12.4. The number of piperidine rings is 1. The van der Waals surface area contributed by atoms with E-state index >= 15 is 0 Å². The van der Waals surface area contributed by atoms with Crippen LogP contribution in [0.2, 0.25) is 0 Å². The molecule has 1 fully saturated rings. The highest BCUT2D eigenvalue weighted by Gasteiger charge is 2.27. The first-order chi connectivity index (χ1) is 8.49. The molecule has 1 aliphatic rings. The number of thiazole rings is 1. The summed E-state index contributed by atoms with van der Waals surface area (Å²) >= 11 is 1.50. The number of rotatable bonds is 2. The average Bonchev–Trinajstić information content (AvgIpc) is 2.67. The summed E-state index contributed by atoms with van der Waals surface area (Å²) in [6, 6.07) is 0.231. The quantitative estimate of drug-likeness (QED) is 0.891. The van der Waals surface area contributed by atoms with Gasteiger partial charge in [0, 0.05) is 19.1 Å². The Labute approximate surface area is 112 Å². The van der Waals surface area contributed by atoms with Crippen LogP contribution in [-0.2, 0) is 0 Å². The van der Waals surface area contributed by atoms with Crippen LogP contribution >= 0.6 is 11.3 Å². The van der Waals surface area contributed by atoms with E-state index in [-0.39, 0.29) is 11.9 Å². The minimum Gasteiger partial charge on any atom is -0.338 e. The molecular weight excluding hydrogens is 246 g/mol. The van der Waals surface area contributed by atoms with Crippen molar-refractivity contribution >= 4 is 17.2 Å². The van der Waals surface area contributed by atoms with Crippen molar-refractivity contribution in [2.45, 2.75) is 39.7 Å². The number of carbonyl (C=O) groups is 1. The Morgan fingerprint density at radius 3 is 2.50 bits per heavy atom. The van der Waals surface area contributed by atoms with Gasteiger partial charge in [-0.3, -0.25) is 4.79 Å². The van der Waals surface area contributed by atoms with E-state index in [0.717, 1.165) is 41.5 Å². The van der Waals surface area contributed by atoms with E-state index in [1.54, 1.807) is 0 Å². The highest BCUT2D eigenvalue weighted by atomic mass is 32.1. The summed E-state index contributed by atoms with van der Waals surface area (Å²) in [7, 11) is 0. The summed E-state index contributed by atoms with van der Waals surface area (Å²) in [6.45, 7) is 7.55. The van der Waals surface area contributed by atoms with Crippen LogP contribution in [0, 0.1) is 19.8 Å². The van der Waals surface area contributed by atoms with Gasteiger partial charge in [0.05, 0.1) is 10.7 Å². The van der Waals surface area contributed by atoms with Gasteiger partial charge in [-0.15, -0.1) is 11.3 Å². The lowest BCUT2D eigenvalue weighted by Gasteiger charge is -2.33. The lowest BCUT2D eigenvalue weighted by molar-refractivity contribution is 0.0685. The lowest BCUT2D eigenvalue weighted by atomic mass is 9.91. The van der Waals surface area contributed by atoms with Crippen molar-refractivity contribution in [2.24, 2.45) is 11.7 Å². The van der Waals surface area contributed by atoms with Gasteiger partial charge >= 0.3 is 0 Å². The molecule has 2 heterocycles. The zero-order valence-electron chi connectivity index (χ0n) is 11.3. The van der Waals surface area contributed by atoms with Gasteiger partial charge in [-0.25, -0.2) is 4.98 Å². The topological polar surface area (TPSA) is 59.2 Å². The number of carbonyl (C=O) groups excluding carboxylic acids is 1. The Morgan fingerprint density at radius 1 is 1.44 bits per heavy atom. The highest BCUT2D eigenvalue weighted by Crippen LogP contribution is 2.24. The molecule has 0 saturated carbocycles. The van der Waals surface area contributed by atoms with Crippen molar-refractivity contribution in [3.63, 3.8) is 0 Å². The van der Waals surface area contributed by atoms with Crippen molar-refractivity contribution in [1.29, 1.82) is 0 Å². The number of aryl methyl sites for hydroxylation is 2. The third-order valence-electron chi connectivity index (χ3n) is 3.67. The molecule has 1 saturated heterocycles. The Hall–Kier alpha value is -0.940. The monoisotopic (exact) mass is 267 g/mol. The molecule has 100 valence electrons. The first-order valence-electron chi connectivity index (χ1n) is 6.48.